The fourth-order valence-electron chi connectivity index (χ4n) is 2.36. The summed E-state index contributed by atoms with van der Waals surface area (Å²) >= 11 is 0. The van der Waals surface area contributed by atoms with Crippen molar-refractivity contribution >= 4 is 10.0 Å². The van der Waals surface area contributed by atoms with Crippen molar-refractivity contribution in [3.8, 4) is 0 Å². The van der Waals surface area contributed by atoms with Crippen LogP contribution in [0.15, 0.2) is 74.8 Å². The molecular formula is C17H14F3NO4S. The Labute approximate surface area is 147 Å². The van der Waals surface area contributed by atoms with Crippen LogP contribution < -0.4 is 0 Å². The van der Waals surface area contributed by atoms with E-state index in [1.807, 2.05) is 0 Å². The number of hydrogen-bond acceptors (Lipinski definition) is 4. The molecule has 26 heavy (non-hydrogen) atoms. The van der Waals surface area contributed by atoms with Crippen LogP contribution in [0, 0.1) is 0 Å². The molecule has 0 N–H and O–H groups in total. The first-order valence-corrected chi connectivity index (χ1v) is 8.93. The molecule has 138 valence electrons. The molecule has 0 unspecified atom stereocenters. The molecule has 3 rings (SSSR count). The molecule has 0 saturated heterocycles. The summed E-state index contributed by atoms with van der Waals surface area (Å²) in [4.78, 5) is -0.453. The van der Waals surface area contributed by atoms with Crippen LogP contribution in [0.2, 0.25) is 0 Å². The number of hydrogen-bond donors (Lipinski definition) is 0. The molecule has 2 aromatic heterocycles. The minimum absolute atomic E-state index is 0.147. The summed E-state index contributed by atoms with van der Waals surface area (Å²) in [5.41, 5.74) is -1.03. The van der Waals surface area contributed by atoms with Crippen LogP contribution >= 0.6 is 0 Å². The summed E-state index contributed by atoms with van der Waals surface area (Å²) in [6.07, 6.45) is -1.87. The van der Waals surface area contributed by atoms with Gasteiger partial charge in [0.15, 0.2) is 0 Å². The Kier molecular flexibility index (Phi) is 4.92. The third-order valence-electron chi connectivity index (χ3n) is 3.62. The van der Waals surface area contributed by atoms with Gasteiger partial charge in [-0.15, -0.1) is 0 Å². The first kappa shape index (κ1) is 18.3. The first-order chi connectivity index (χ1) is 12.3. The summed E-state index contributed by atoms with van der Waals surface area (Å²) in [5.74, 6) is 0.708. The molecular weight excluding hydrogens is 371 g/mol. The zero-order valence-electron chi connectivity index (χ0n) is 13.3. The number of sulfonamides is 1. The van der Waals surface area contributed by atoms with Crippen LogP contribution in [0.4, 0.5) is 13.2 Å². The summed E-state index contributed by atoms with van der Waals surface area (Å²) in [5, 5.41) is 0. The highest BCUT2D eigenvalue weighted by molar-refractivity contribution is 7.89. The monoisotopic (exact) mass is 385 g/mol. The average Bonchev–Trinajstić information content (AvgIpc) is 3.27. The number of rotatable bonds is 6. The maximum Gasteiger partial charge on any atom is 0.416 e. The highest BCUT2D eigenvalue weighted by Crippen LogP contribution is 2.31. The second kappa shape index (κ2) is 7.00. The number of nitrogens with zero attached hydrogens (tertiary/aromatic N) is 1. The molecule has 9 heteroatoms. The summed E-state index contributed by atoms with van der Waals surface area (Å²) in [6, 6.07) is 9.98. The largest absolute Gasteiger partial charge is 0.468 e. The van der Waals surface area contributed by atoms with E-state index in [0.29, 0.717) is 17.6 Å². The molecule has 0 aliphatic carbocycles. The fourth-order valence-corrected chi connectivity index (χ4v) is 3.78. The minimum atomic E-state index is -4.64. The molecule has 0 bridgehead atoms. The SMILES string of the molecule is O=S(=O)(c1cccc(C(F)(F)F)c1)N(Cc1ccco1)Cc1ccco1. The van der Waals surface area contributed by atoms with Crippen LogP contribution in [0.3, 0.4) is 0 Å². The van der Waals surface area contributed by atoms with Gasteiger partial charge >= 0.3 is 6.18 Å². The second-order valence-electron chi connectivity index (χ2n) is 5.46. The van der Waals surface area contributed by atoms with Gasteiger partial charge < -0.3 is 8.83 Å². The number of benzene rings is 1. The van der Waals surface area contributed by atoms with E-state index in [1.165, 1.54) is 12.5 Å². The molecule has 3 aromatic rings. The van der Waals surface area contributed by atoms with E-state index < -0.39 is 26.7 Å². The molecule has 5 nitrogen and oxygen atoms in total. The lowest BCUT2D eigenvalue weighted by molar-refractivity contribution is -0.137. The lowest BCUT2D eigenvalue weighted by Gasteiger charge is -2.21. The van der Waals surface area contributed by atoms with Crippen molar-refractivity contribution in [2.24, 2.45) is 0 Å². The van der Waals surface area contributed by atoms with Crippen molar-refractivity contribution in [2.75, 3.05) is 0 Å². The van der Waals surface area contributed by atoms with Crippen LogP contribution in [0.1, 0.15) is 17.1 Å². The van der Waals surface area contributed by atoms with E-state index >= 15 is 0 Å². The molecule has 0 radical (unpaired) electrons. The minimum Gasteiger partial charge on any atom is -0.468 e. The van der Waals surface area contributed by atoms with Gasteiger partial charge in [0.25, 0.3) is 0 Å². The Balaban J connectivity index is 1.98. The van der Waals surface area contributed by atoms with Gasteiger partial charge in [-0.3, -0.25) is 0 Å². The van der Waals surface area contributed by atoms with Gasteiger partial charge in [0.05, 0.1) is 36.1 Å². The maximum absolute atomic E-state index is 12.9. The molecule has 0 aliphatic rings. The zero-order chi connectivity index (χ0) is 18.8. The molecule has 0 amide bonds. The van der Waals surface area contributed by atoms with Crippen LogP contribution in [0.25, 0.3) is 0 Å². The Hall–Kier alpha value is -2.52. The average molecular weight is 385 g/mol. The normalized spacial score (nSPS) is 12.6. The van der Waals surface area contributed by atoms with Crippen molar-refractivity contribution in [3.63, 3.8) is 0 Å². The van der Waals surface area contributed by atoms with Gasteiger partial charge in [0, 0.05) is 0 Å². The topological polar surface area (TPSA) is 63.7 Å². The number of furan rings is 2. The van der Waals surface area contributed by atoms with E-state index in [0.717, 1.165) is 22.5 Å². The first-order valence-electron chi connectivity index (χ1n) is 7.49. The predicted octanol–water partition coefficient (Wildman–Crippen LogP) is 4.28. The summed E-state index contributed by atoms with van der Waals surface area (Å²) in [7, 11) is -4.22. The molecule has 0 atom stereocenters. The zero-order valence-corrected chi connectivity index (χ0v) is 14.1. The van der Waals surface area contributed by atoms with E-state index in [4.69, 9.17) is 8.83 Å². The number of alkyl halides is 3. The Bertz CT molecular complexity index is 912. The van der Waals surface area contributed by atoms with Crippen molar-refractivity contribution < 1.29 is 30.4 Å². The standard InChI is InChI=1S/C17H14F3NO4S/c18-17(19,20)13-4-1-7-16(10-13)26(22,23)21(11-14-5-2-8-24-14)12-15-6-3-9-25-15/h1-10H,11-12H2. The van der Waals surface area contributed by atoms with Crippen molar-refractivity contribution in [1.29, 1.82) is 0 Å². The van der Waals surface area contributed by atoms with Crippen LogP contribution in [-0.4, -0.2) is 12.7 Å². The lowest BCUT2D eigenvalue weighted by atomic mass is 10.2. The van der Waals surface area contributed by atoms with E-state index in [-0.39, 0.29) is 13.1 Å². The summed E-state index contributed by atoms with van der Waals surface area (Å²) in [6.45, 7) is -0.293. The van der Waals surface area contributed by atoms with E-state index in [9.17, 15) is 21.6 Å². The van der Waals surface area contributed by atoms with E-state index in [2.05, 4.69) is 0 Å². The van der Waals surface area contributed by atoms with Crippen molar-refractivity contribution in [1.82, 2.24) is 4.31 Å². The maximum atomic E-state index is 12.9. The second-order valence-corrected chi connectivity index (χ2v) is 7.40. The Morgan fingerprint density at radius 3 is 1.92 bits per heavy atom. The fraction of sp³-hybridized carbons (Fsp3) is 0.176. The summed E-state index contributed by atoms with van der Waals surface area (Å²) < 4.78 is 76.0. The van der Waals surface area contributed by atoms with Gasteiger partial charge in [-0.2, -0.15) is 17.5 Å². The van der Waals surface area contributed by atoms with Crippen LogP contribution in [0.5, 0.6) is 0 Å². The Morgan fingerprint density at radius 1 is 0.885 bits per heavy atom. The number of halogens is 3. The molecule has 1 aromatic carbocycles. The van der Waals surface area contributed by atoms with Gasteiger partial charge in [0.2, 0.25) is 10.0 Å². The highest BCUT2D eigenvalue weighted by Gasteiger charge is 2.33. The Morgan fingerprint density at radius 2 is 1.46 bits per heavy atom. The predicted molar refractivity (Wildman–Crippen MR) is 85.3 cm³/mol. The molecule has 0 saturated carbocycles. The molecule has 0 fully saturated rings. The van der Waals surface area contributed by atoms with Gasteiger partial charge in [0.1, 0.15) is 11.5 Å². The lowest BCUT2D eigenvalue weighted by Crippen LogP contribution is -2.30. The van der Waals surface area contributed by atoms with E-state index in [1.54, 1.807) is 24.3 Å². The molecule has 0 aliphatic heterocycles. The van der Waals surface area contributed by atoms with Gasteiger partial charge in [-0.1, -0.05) is 6.07 Å². The van der Waals surface area contributed by atoms with Gasteiger partial charge in [-0.05, 0) is 42.5 Å². The smallest absolute Gasteiger partial charge is 0.416 e. The molecule has 0 spiro atoms. The third kappa shape index (κ3) is 4.00. The highest BCUT2D eigenvalue weighted by atomic mass is 32.2. The molecule has 2 heterocycles. The van der Waals surface area contributed by atoms with Crippen LogP contribution in [-0.2, 0) is 29.3 Å². The third-order valence-corrected chi connectivity index (χ3v) is 5.41. The quantitative estimate of drug-likeness (QED) is 0.635. The van der Waals surface area contributed by atoms with Crippen molar-refractivity contribution in [2.45, 2.75) is 24.2 Å². The van der Waals surface area contributed by atoms with Gasteiger partial charge in [-0.25, -0.2) is 8.42 Å². The van der Waals surface area contributed by atoms with Crippen molar-refractivity contribution in [3.05, 3.63) is 78.1 Å².